The van der Waals surface area contributed by atoms with Gasteiger partial charge < -0.3 is 9.84 Å². The molecule has 3 rings (SSSR count). The summed E-state index contributed by atoms with van der Waals surface area (Å²) in [4.78, 5) is 16.9. The first-order valence-electron chi connectivity index (χ1n) is 7.90. The van der Waals surface area contributed by atoms with E-state index in [-0.39, 0.29) is 17.9 Å². The molecule has 1 heterocycles. The van der Waals surface area contributed by atoms with E-state index in [1.54, 1.807) is 12.1 Å². The van der Waals surface area contributed by atoms with Gasteiger partial charge in [0.2, 0.25) is 11.7 Å². The second-order valence-corrected chi connectivity index (χ2v) is 5.88. The van der Waals surface area contributed by atoms with E-state index in [9.17, 15) is 4.79 Å². The molecule has 1 atom stereocenters. The molecule has 1 unspecified atom stereocenters. The van der Waals surface area contributed by atoms with Crippen LogP contribution in [-0.2, 0) is 0 Å². The Hall–Kier alpha value is -2.95. The quantitative estimate of drug-likeness (QED) is 0.774. The highest BCUT2D eigenvalue weighted by molar-refractivity contribution is 5.94. The van der Waals surface area contributed by atoms with E-state index < -0.39 is 0 Å². The molecule has 0 bridgehead atoms. The zero-order valence-corrected chi connectivity index (χ0v) is 13.6. The van der Waals surface area contributed by atoms with Crippen LogP contribution in [0.1, 0.15) is 36.1 Å². The average Bonchev–Trinajstić information content (AvgIpc) is 3.10. The molecular formula is C19H19N3O2. The van der Waals surface area contributed by atoms with E-state index in [1.807, 2.05) is 62.4 Å². The van der Waals surface area contributed by atoms with Crippen molar-refractivity contribution in [3.8, 4) is 11.4 Å². The number of benzene rings is 2. The number of aromatic nitrogens is 2. The van der Waals surface area contributed by atoms with Crippen molar-refractivity contribution in [3.05, 3.63) is 72.1 Å². The van der Waals surface area contributed by atoms with E-state index in [4.69, 9.17) is 4.52 Å². The van der Waals surface area contributed by atoms with Gasteiger partial charge in [0.15, 0.2) is 0 Å². The fraction of sp³-hybridized carbons (Fsp3) is 0.211. The van der Waals surface area contributed by atoms with E-state index in [2.05, 4.69) is 15.5 Å². The molecule has 0 spiro atoms. The Morgan fingerprint density at radius 3 is 2.25 bits per heavy atom. The molecule has 1 aromatic heterocycles. The topological polar surface area (TPSA) is 68.0 Å². The highest BCUT2D eigenvalue weighted by atomic mass is 16.5. The van der Waals surface area contributed by atoms with Crippen LogP contribution in [0, 0.1) is 5.92 Å². The summed E-state index contributed by atoms with van der Waals surface area (Å²) in [5.41, 5.74) is 1.48. The van der Waals surface area contributed by atoms with Gasteiger partial charge in [-0.2, -0.15) is 4.98 Å². The first-order valence-corrected chi connectivity index (χ1v) is 7.90. The maximum Gasteiger partial charge on any atom is 0.251 e. The van der Waals surface area contributed by atoms with E-state index in [0.29, 0.717) is 17.3 Å². The predicted molar refractivity (Wildman–Crippen MR) is 91.2 cm³/mol. The van der Waals surface area contributed by atoms with Gasteiger partial charge in [0.1, 0.15) is 6.04 Å². The smallest absolute Gasteiger partial charge is 0.251 e. The summed E-state index contributed by atoms with van der Waals surface area (Å²) in [5.74, 6) is 0.883. The number of hydrogen-bond acceptors (Lipinski definition) is 4. The molecule has 0 saturated heterocycles. The van der Waals surface area contributed by atoms with E-state index >= 15 is 0 Å². The Morgan fingerprint density at radius 2 is 1.62 bits per heavy atom. The third kappa shape index (κ3) is 3.51. The van der Waals surface area contributed by atoms with Gasteiger partial charge in [0.25, 0.3) is 5.91 Å². The summed E-state index contributed by atoms with van der Waals surface area (Å²) in [6.45, 7) is 4.00. The van der Waals surface area contributed by atoms with Crippen molar-refractivity contribution in [2.24, 2.45) is 5.92 Å². The fourth-order valence-electron chi connectivity index (χ4n) is 2.39. The van der Waals surface area contributed by atoms with Gasteiger partial charge in [0.05, 0.1) is 0 Å². The van der Waals surface area contributed by atoms with Crippen LogP contribution in [0.3, 0.4) is 0 Å². The third-order valence-electron chi connectivity index (χ3n) is 3.73. The van der Waals surface area contributed by atoms with E-state index in [0.717, 1.165) is 5.56 Å². The third-order valence-corrected chi connectivity index (χ3v) is 3.73. The van der Waals surface area contributed by atoms with Gasteiger partial charge >= 0.3 is 0 Å². The van der Waals surface area contributed by atoms with Crippen LogP contribution in [0.2, 0.25) is 0 Å². The highest BCUT2D eigenvalue weighted by Gasteiger charge is 2.25. The molecule has 0 aliphatic heterocycles. The van der Waals surface area contributed by atoms with Gasteiger partial charge in [0, 0.05) is 11.1 Å². The second kappa shape index (κ2) is 7.08. The van der Waals surface area contributed by atoms with Crippen LogP contribution in [0.25, 0.3) is 11.4 Å². The summed E-state index contributed by atoms with van der Waals surface area (Å²) in [6, 6.07) is 18.4. The lowest BCUT2D eigenvalue weighted by Gasteiger charge is -2.18. The van der Waals surface area contributed by atoms with Crippen molar-refractivity contribution in [3.63, 3.8) is 0 Å². The zero-order chi connectivity index (χ0) is 16.9. The second-order valence-electron chi connectivity index (χ2n) is 5.88. The molecule has 24 heavy (non-hydrogen) atoms. The van der Waals surface area contributed by atoms with Crippen molar-refractivity contribution in [2.45, 2.75) is 19.9 Å². The van der Waals surface area contributed by atoms with Crippen molar-refractivity contribution < 1.29 is 9.32 Å². The number of nitrogens with zero attached hydrogens (tertiary/aromatic N) is 2. The molecule has 0 aliphatic rings. The first kappa shape index (κ1) is 15.9. The van der Waals surface area contributed by atoms with Crippen LogP contribution in [-0.4, -0.2) is 16.0 Å². The minimum atomic E-state index is -0.345. The minimum absolute atomic E-state index is 0.113. The first-order chi connectivity index (χ1) is 11.6. The molecule has 3 aromatic rings. The lowest BCUT2D eigenvalue weighted by atomic mass is 10.0. The van der Waals surface area contributed by atoms with Gasteiger partial charge in [-0.3, -0.25) is 4.79 Å². The number of carbonyl (C=O) groups excluding carboxylic acids is 1. The lowest BCUT2D eigenvalue weighted by Crippen LogP contribution is -2.32. The Bertz CT molecular complexity index is 798. The summed E-state index contributed by atoms with van der Waals surface area (Å²) < 4.78 is 5.40. The summed E-state index contributed by atoms with van der Waals surface area (Å²) >= 11 is 0. The summed E-state index contributed by atoms with van der Waals surface area (Å²) in [5, 5.41) is 7.01. The molecule has 5 heteroatoms. The molecule has 1 N–H and O–H groups in total. The Kier molecular flexibility index (Phi) is 4.70. The van der Waals surface area contributed by atoms with E-state index in [1.165, 1.54) is 0 Å². The lowest BCUT2D eigenvalue weighted by molar-refractivity contribution is 0.0914. The molecule has 5 nitrogen and oxygen atoms in total. The minimum Gasteiger partial charge on any atom is -0.340 e. The molecule has 122 valence electrons. The Balaban J connectivity index is 1.82. The molecule has 1 amide bonds. The number of amides is 1. The van der Waals surface area contributed by atoms with Crippen molar-refractivity contribution in [1.82, 2.24) is 15.5 Å². The maximum atomic E-state index is 12.4. The number of nitrogens with one attached hydrogen (secondary N) is 1. The van der Waals surface area contributed by atoms with Gasteiger partial charge in [-0.05, 0) is 18.1 Å². The van der Waals surface area contributed by atoms with Crippen LogP contribution >= 0.6 is 0 Å². The Labute approximate surface area is 140 Å². The molecular weight excluding hydrogens is 302 g/mol. The number of hydrogen-bond donors (Lipinski definition) is 1. The molecule has 0 fully saturated rings. The highest BCUT2D eigenvalue weighted by Crippen LogP contribution is 2.23. The molecule has 0 aliphatic carbocycles. The largest absolute Gasteiger partial charge is 0.340 e. The molecule has 0 saturated carbocycles. The summed E-state index contributed by atoms with van der Waals surface area (Å²) in [7, 11) is 0. The Morgan fingerprint density at radius 1 is 1.00 bits per heavy atom. The fourth-order valence-corrected chi connectivity index (χ4v) is 2.39. The predicted octanol–water partition coefficient (Wildman–Crippen LogP) is 3.86. The van der Waals surface area contributed by atoms with Crippen LogP contribution in [0.4, 0.5) is 0 Å². The normalized spacial score (nSPS) is 12.1. The van der Waals surface area contributed by atoms with Crippen LogP contribution in [0.15, 0.2) is 65.2 Å². The number of rotatable bonds is 5. The maximum absolute atomic E-state index is 12.4. The SMILES string of the molecule is CC(C)C(NC(=O)c1ccccc1)c1nc(-c2ccccc2)no1. The number of carbonyl (C=O) groups is 1. The molecule has 2 aromatic carbocycles. The van der Waals surface area contributed by atoms with Crippen molar-refractivity contribution in [1.29, 1.82) is 0 Å². The van der Waals surface area contributed by atoms with Gasteiger partial charge in [-0.25, -0.2) is 0 Å². The average molecular weight is 321 g/mol. The van der Waals surface area contributed by atoms with Crippen molar-refractivity contribution >= 4 is 5.91 Å². The zero-order valence-electron chi connectivity index (χ0n) is 13.6. The van der Waals surface area contributed by atoms with Gasteiger partial charge in [-0.15, -0.1) is 0 Å². The van der Waals surface area contributed by atoms with Crippen LogP contribution < -0.4 is 5.32 Å². The van der Waals surface area contributed by atoms with Gasteiger partial charge in [-0.1, -0.05) is 67.5 Å². The monoisotopic (exact) mass is 321 g/mol. The van der Waals surface area contributed by atoms with Crippen LogP contribution in [0.5, 0.6) is 0 Å². The standard InChI is InChI=1S/C19H19N3O2/c1-13(2)16(20-18(23)15-11-7-4-8-12-15)19-21-17(22-24-19)14-9-5-3-6-10-14/h3-13,16H,1-2H3,(H,20,23). The summed E-state index contributed by atoms with van der Waals surface area (Å²) in [6.07, 6.45) is 0. The molecule has 0 radical (unpaired) electrons. The van der Waals surface area contributed by atoms with Crippen molar-refractivity contribution in [2.75, 3.05) is 0 Å².